The average molecular weight is 580 g/mol. The van der Waals surface area contributed by atoms with Crippen LogP contribution in [0.2, 0.25) is 0 Å². The summed E-state index contributed by atoms with van der Waals surface area (Å²) in [5, 5.41) is 2.41. The number of imidazole rings is 1. The number of nitrogens with two attached hydrogens (primary N) is 1. The third kappa shape index (κ3) is 5.04. The first-order valence-corrected chi connectivity index (χ1v) is 13.5. The van der Waals surface area contributed by atoms with Crippen molar-refractivity contribution in [1.82, 2.24) is 24.3 Å². The molecule has 0 spiro atoms. The van der Waals surface area contributed by atoms with Crippen molar-refractivity contribution in [3.8, 4) is 11.3 Å². The standard InChI is InChI=1S/C29H28F3N7O3/c1-28(15-42-16-28)27(41)38-11-7-18(8-12-38)25-37-22(23-24(33)35-10-13-39(23)25)17-2-4-19(5-3-17)26(40)36-21-14-20(6-9-34-21)29(30,31)32/h2-6,9-10,13-14,18H,7-8,11-12,15-16H2,1H3,(H2,33,35)(H,34,36,40). The van der Waals surface area contributed by atoms with E-state index in [0.29, 0.717) is 48.9 Å². The molecule has 2 amide bonds. The highest BCUT2D eigenvalue weighted by Crippen LogP contribution is 2.37. The van der Waals surface area contributed by atoms with Crippen LogP contribution in [0.5, 0.6) is 0 Å². The van der Waals surface area contributed by atoms with E-state index < -0.39 is 23.1 Å². The van der Waals surface area contributed by atoms with Crippen molar-refractivity contribution >= 4 is 29.0 Å². The van der Waals surface area contributed by atoms with Crippen LogP contribution in [0.4, 0.5) is 24.8 Å². The van der Waals surface area contributed by atoms with E-state index in [9.17, 15) is 22.8 Å². The van der Waals surface area contributed by atoms with E-state index in [1.54, 1.807) is 30.5 Å². The van der Waals surface area contributed by atoms with Crippen LogP contribution in [0.15, 0.2) is 55.0 Å². The lowest BCUT2D eigenvalue weighted by atomic mass is 9.85. The maximum absolute atomic E-state index is 13.0. The summed E-state index contributed by atoms with van der Waals surface area (Å²) in [6.45, 7) is 4.08. The second-order valence-electron chi connectivity index (χ2n) is 10.9. The van der Waals surface area contributed by atoms with Crippen LogP contribution in [0, 0.1) is 5.41 Å². The van der Waals surface area contributed by atoms with Gasteiger partial charge in [-0.3, -0.25) is 14.0 Å². The molecule has 0 radical (unpaired) electrons. The molecule has 6 rings (SSSR count). The predicted octanol–water partition coefficient (Wildman–Crippen LogP) is 4.39. The molecular formula is C29H28F3N7O3. The maximum atomic E-state index is 13.0. The molecule has 2 aliphatic rings. The summed E-state index contributed by atoms with van der Waals surface area (Å²) in [5.41, 5.74) is 7.10. The largest absolute Gasteiger partial charge is 0.416 e. The number of carbonyl (C=O) groups is 2. The molecule has 0 bridgehead atoms. The lowest BCUT2D eigenvalue weighted by Gasteiger charge is -2.42. The van der Waals surface area contributed by atoms with E-state index in [1.165, 1.54) is 0 Å². The summed E-state index contributed by atoms with van der Waals surface area (Å²) in [6, 6.07) is 8.14. The number of benzene rings is 1. The number of piperidine rings is 1. The van der Waals surface area contributed by atoms with Gasteiger partial charge in [-0.05, 0) is 44.0 Å². The first-order chi connectivity index (χ1) is 20.0. The molecule has 2 saturated heterocycles. The fourth-order valence-corrected chi connectivity index (χ4v) is 5.47. The van der Waals surface area contributed by atoms with E-state index >= 15 is 0 Å². The Morgan fingerprint density at radius 3 is 2.43 bits per heavy atom. The van der Waals surface area contributed by atoms with E-state index in [2.05, 4.69) is 15.3 Å². The van der Waals surface area contributed by atoms with Crippen LogP contribution in [0.3, 0.4) is 0 Å². The quantitative estimate of drug-likeness (QED) is 0.359. The van der Waals surface area contributed by atoms with Crippen molar-refractivity contribution in [3.05, 3.63) is 71.9 Å². The van der Waals surface area contributed by atoms with Gasteiger partial charge < -0.3 is 20.7 Å². The van der Waals surface area contributed by atoms with Gasteiger partial charge >= 0.3 is 6.18 Å². The van der Waals surface area contributed by atoms with Gasteiger partial charge in [0, 0.05) is 48.7 Å². The van der Waals surface area contributed by atoms with Crippen molar-refractivity contribution in [2.75, 3.05) is 37.4 Å². The number of anilines is 2. The molecule has 2 aliphatic heterocycles. The zero-order valence-electron chi connectivity index (χ0n) is 22.7. The van der Waals surface area contributed by atoms with Gasteiger partial charge in [0.15, 0.2) is 0 Å². The Kier molecular flexibility index (Phi) is 6.84. The molecule has 0 saturated carbocycles. The molecule has 5 heterocycles. The zero-order valence-corrected chi connectivity index (χ0v) is 22.7. The zero-order chi connectivity index (χ0) is 29.6. The van der Waals surface area contributed by atoms with E-state index in [4.69, 9.17) is 15.5 Å². The van der Waals surface area contributed by atoms with Gasteiger partial charge in [-0.2, -0.15) is 13.2 Å². The molecule has 3 aromatic heterocycles. The maximum Gasteiger partial charge on any atom is 0.416 e. The van der Waals surface area contributed by atoms with Crippen molar-refractivity contribution in [3.63, 3.8) is 0 Å². The molecule has 0 aliphatic carbocycles. The Labute approximate surface area is 238 Å². The van der Waals surface area contributed by atoms with Gasteiger partial charge in [0.25, 0.3) is 5.91 Å². The molecule has 42 heavy (non-hydrogen) atoms. The molecule has 0 unspecified atom stereocenters. The SMILES string of the molecule is CC1(C(=O)N2CCC(c3nc(-c4ccc(C(=O)Nc5cc(C(F)(F)F)ccn5)cc4)c4c(N)nccn34)CC2)COC1. The number of amides is 2. The first kappa shape index (κ1) is 27.6. The number of hydrogen-bond acceptors (Lipinski definition) is 7. The van der Waals surface area contributed by atoms with Crippen molar-refractivity contribution < 1.29 is 27.5 Å². The molecule has 2 fully saturated rings. The predicted molar refractivity (Wildman–Crippen MR) is 148 cm³/mol. The van der Waals surface area contributed by atoms with Gasteiger partial charge in [0.2, 0.25) is 5.91 Å². The molecule has 1 aromatic carbocycles. The topological polar surface area (TPSA) is 128 Å². The lowest BCUT2D eigenvalue weighted by molar-refractivity contribution is -0.169. The van der Waals surface area contributed by atoms with Gasteiger partial charge in [0.05, 0.1) is 24.2 Å². The number of nitrogens with zero attached hydrogens (tertiary/aromatic N) is 5. The minimum absolute atomic E-state index is 0.0903. The van der Waals surface area contributed by atoms with E-state index in [-0.39, 0.29) is 23.2 Å². The number of ether oxygens (including phenoxy) is 1. The summed E-state index contributed by atoms with van der Waals surface area (Å²) in [6.07, 6.45) is 1.35. The highest BCUT2D eigenvalue weighted by atomic mass is 19.4. The number of nitrogens with one attached hydrogen (secondary N) is 1. The summed E-state index contributed by atoms with van der Waals surface area (Å²) < 4.78 is 46.3. The highest BCUT2D eigenvalue weighted by molar-refractivity contribution is 6.04. The molecule has 218 valence electrons. The lowest BCUT2D eigenvalue weighted by Crippen LogP contribution is -2.54. The fourth-order valence-electron chi connectivity index (χ4n) is 5.47. The summed E-state index contributed by atoms with van der Waals surface area (Å²) in [7, 11) is 0. The number of nitrogen functional groups attached to an aromatic ring is 1. The van der Waals surface area contributed by atoms with Gasteiger partial charge in [0.1, 0.15) is 28.7 Å². The number of hydrogen-bond donors (Lipinski definition) is 2. The van der Waals surface area contributed by atoms with E-state index in [0.717, 1.165) is 37.0 Å². The van der Waals surface area contributed by atoms with Crippen LogP contribution in [0.25, 0.3) is 16.8 Å². The van der Waals surface area contributed by atoms with Crippen molar-refractivity contribution in [1.29, 1.82) is 0 Å². The molecular weight excluding hydrogens is 551 g/mol. The highest BCUT2D eigenvalue weighted by Gasteiger charge is 2.44. The third-order valence-corrected chi connectivity index (χ3v) is 7.86. The number of pyridine rings is 1. The second-order valence-corrected chi connectivity index (χ2v) is 10.9. The van der Waals surface area contributed by atoms with Crippen LogP contribution in [-0.2, 0) is 15.7 Å². The van der Waals surface area contributed by atoms with Crippen molar-refractivity contribution in [2.45, 2.75) is 31.9 Å². The van der Waals surface area contributed by atoms with E-state index in [1.807, 2.05) is 22.4 Å². The molecule has 4 aromatic rings. The Bertz CT molecular complexity index is 1660. The molecule has 13 heteroatoms. The number of fused-ring (bicyclic) bond motifs is 1. The Morgan fingerprint density at radius 2 is 1.79 bits per heavy atom. The van der Waals surface area contributed by atoms with Crippen molar-refractivity contribution in [2.24, 2.45) is 5.41 Å². The number of carbonyl (C=O) groups excluding carboxylic acids is 2. The summed E-state index contributed by atoms with van der Waals surface area (Å²) >= 11 is 0. The number of halogens is 3. The summed E-state index contributed by atoms with van der Waals surface area (Å²) in [5.74, 6) is 0.528. The minimum atomic E-state index is -4.55. The fraction of sp³-hybridized carbons (Fsp3) is 0.345. The average Bonchev–Trinajstić information content (AvgIpc) is 3.36. The Morgan fingerprint density at radius 1 is 1.07 bits per heavy atom. The van der Waals surface area contributed by atoms with Crippen LogP contribution in [-0.4, -0.2) is 62.4 Å². The van der Waals surface area contributed by atoms with Gasteiger partial charge in [-0.15, -0.1) is 0 Å². The second kappa shape index (κ2) is 10.4. The number of aromatic nitrogens is 4. The van der Waals surface area contributed by atoms with Crippen LogP contribution < -0.4 is 11.1 Å². The number of likely N-dealkylation sites (tertiary alicyclic amines) is 1. The minimum Gasteiger partial charge on any atom is -0.382 e. The van der Waals surface area contributed by atoms with Gasteiger partial charge in [-0.25, -0.2) is 15.0 Å². The molecule has 0 atom stereocenters. The number of rotatable bonds is 5. The number of alkyl halides is 3. The molecule has 3 N–H and O–H groups in total. The first-order valence-electron chi connectivity index (χ1n) is 13.5. The third-order valence-electron chi connectivity index (χ3n) is 7.86. The van der Waals surface area contributed by atoms with Crippen LogP contribution >= 0.6 is 0 Å². The Hall–Kier alpha value is -4.52. The normalized spacial score (nSPS) is 17.2. The summed E-state index contributed by atoms with van der Waals surface area (Å²) in [4.78, 5) is 40.6. The van der Waals surface area contributed by atoms with Gasteiger partial charge in [-0.1, -0.05) is 12.1 Å². The monoisotopic (exact) mass is 579 g/mol. The van der Waals surface area contributed by atoms with Crippen LogP contribution in [0.1, 0.15) is 47.4 Å². The Balaban J connectivity index is 1.22. The molecule has 10 nitrogen and oxygen atoms in total. The smallest absolute Gasteiger partial charge is 0.382 e.